The fraction of sp³-hybridized carbons (Fsp3) is 0.750. The average molecular weight is 142 g/mol. The quantitative estimate of drug-likeness (QED) is 0.582. The van der Waals surface area contributed by atoms with Crippen LogP contribution in [0.2, 0.25) is 0 Å². The van der Waals surface area contributed by atoms with E-state index >= 15 is 0 Å². The number of aliphatic hydroxyl groups is 1. The Kier molecular flexibility index (Phi) is 2.46. The van der Waals surface area contributed by atoms with Crippen molar-refractivity contribution in [2.45, 2.75) is 12.8 Å². The van der Waals surface area contributed by atoms with Crippen LogP contribution in [0.4, 0.5) is 0 Å². The zero-order chi connectivity index (χ0) is 7.45. The first-order valence-electron chi connectivity index (χ1n) is 3.65. The topological polar surface area (TPSA) is 29.5 Å². The van der Waals surface area contributed by atoms with E-state index in [1.54, 1.807) is 0 Å². The largest absolute Gasteiger partial charge is 0.395 e. The fourth-order valence-electron chi connectivity index (χ4n) is 1.20. The SMILES string of the molecule is C=CC1(CO)CCOCC1. The summed E-state index contributed by atoms with van der Waals surface area (Å²) < 4.78 is 5.17. The highest BCUT2D eigenvalue weighted by atomic mass is 16.5. The normalized spacial score (nSPS) is 24.1. The second kappa shape index (κ2) is 3.17. The van der Waals surface area contributed by atoms with Crippen LogP contribution < -0.4 is 0 Å². The van der Waals surface area contributed by atoms with Gasteiger partial charge in [0.2, 0.25) is 0 Å². The molecule has 0 amide bonds. The second-order valence-corrected chi connectivity index (χ2v) is 2.84. The summed E-state index contributed by atoms with van der Waals surface area (Å²) in [6.45, 7) is 5.43. The highest BCUT2D eigenvalue weighted by Gasteiger charge is 2.27. The van der Waals surface area contributed by atoms with Gasteiger partial charge in [0.25, 0.3) is 0 Å². The molecule has 0 aromatic carbocycles. The zero-order valence-electron chi connectivity index (χ0n) is 6.18. The second-order valence-electron chi connectivity index (χ2n) is 2.84. The van der Waals surface area contributed by atoms with Crippen LogP contribution in [0.1, 0.15) is 12.8 Å². The van der Waals surface area contributed by atoms with Gasteiger partial charge in [0, 0.05) is 18.6 Å². The Bertz CT molecular complexity index is 114. The Balaban J connectivity index is 2.52. The molecule has 0 atom stereocenters. The van der Waals surface area contributed by atoms with E-state index in [1.807, 2.05) is 6.08 Å². The standard InChI is InChI=1S/C8H14O2/c1-2-8(7-9)3-5-10-6-4-8/h2,9H,1,3-7H2. The minimum Gasteiger partial charge on any atom is -0.395 e. The van der Waals surface area contributed by atoms with Gasteiger partial charge in [0.15, 0.2) is 0 Å². The van der Waals surface area contributed by atoms with E-state index in [9.17, 15) is 0 Å². The van der Waals surface area contributed by atoms with Crippen LogP contribution in [0, 0.1) is 5.41 Å². The van der Waals surface area contributed by atoms with Gasteiger partial charge in [0.05, 0.1) is 6.61 Å². The number of rotatable bonds is 2. The van der Waals surface area contributed by atoms with Gasteiger partial charge in [-0.3, -0.25) is 0 Å². The number of hydrogen-bond donors (Lipinski definition) is 1. The minimum atomic E-state index is -0.0434. The molecule has 1 fully saturated rings. The summed E-state index contributed by atoms with van der Waals surface area (Å²) in [4.78, 5) is 0. The van der Waals surface area contributed by atoms with Gasteiger partial charge < -0.3 is 9.84 Å². The first-order chi connectivity index (χ1) is 4.83. The van der Waals surface area contributed by atoms with Gasteiger partial charge >= 0.3 is 0 Å². The molecule has 1 aliphatic rings. The molecule has 0 spiro atoms. The first kappa shape index (κ1) is 7.76. The van der Waals surface area contributed by atoms with Crippen LogP contribution in [0.25, 0.3) is 0 Å². The molecule has 0 saturated carbocycles. The summed E-state index contributed by atoms with van der Waals surface area (Å²) in [5, 5.41) is 9.01. The Labute approximate surface area is 61.5 Å². The lowest BCUT2D eigenvalue weighted by atomic mass is 9.81. The molecule has 0 aliphatic carbocycles. The van der Waals surface area contributed by atoms with Crippen molar-refractivity contribution in [3.8, 4) is 0 Å². The van der Waals surface area contributed by atoms with E-state index < -0.39 is 0 Å². The Morgan fingerprint density at radius 2 is 2.10 bits per heavy atom. The van der Waals surface area contributed by atoms with Gasteiger partial charge in [0.1, 0.15) is 0 Å². The number of aliphatic hydroxyl groups excluding tert-OH is 1. The van der Waals surface area contributed by atoms with Gasteiger partial charge in [-0.2, -0.15) is 0 Å². The van der Waals surface area contributed by atoms with Crippen molar-refractivity contribution in [1.82, 2.24) is 0 Å². The van der Waals surface area contributed by atoms with E-state index in [1.165, 1.54) is 0 Å². The molecule has 10 heavy (non-hydrogen) atoms. The molecule has 1 heterocycles. The lowest BCUT2D eigenvalue weighted by molar-refractivity contribution is 0.0101. The zero-order valence-corrected chi connectivity index (χ0v) is 6.18. The fourth-order valence-corrected chi connectivity index (χ4v) is 1.20. The van der Waals surface area contributed by atoms with Crippen LogP contribution >= 0.6 is 0 Å². The maximum absolute atomic E-state index is 9.01. The molecule has 0 aromatic heterocycles. The third-order valence-electron chi connectivity index (χ3n) is 2.24. The van der Waals surface area contributed by atoms with Gasteiger partial charge in [-0.1, -0.05) is 6.08 Å². The minimum absolute atomic E-state index is 0.0434. The smallest absolute Gasteiger partial charge is 0.0523 e. The van der Waals surface area contributed by atoms with E-state index in [2.05, 4.69) is 6.58 Å². The number of hydrogen-bond acceptors (Lipinski definition) is 2. The molecular formula is C8H14O2. The predicted octanol–water partition coefficient (Wildman–Crippen LogP) is 0.962. The maximum Gasteiger partial charge on any atom is 0.0523 e. The lowest BCUT2D eigenvalue weighted by Crippen LogP contribution is -2.30. The lowest BCUT2D eigenvalue weighted by Gasteiger charge is -2.32. The van der Waals surface area contributed by atoms with E-state index in [4.69, 9.17) is 9.84 Å². The van der Waals surface area contributed by atoms with Crippen molar-refractivity contribution in [1.29, 1.82) is 0 Å². The number of ether oxygens (including phenoxy) is 1. The van der Waals surface area contributed by atoms with Crippen LogP contribution in [-0.2, 0) is 4.74 Å². The van der Waals surface area contributed by atoms with Crippen molar-refractivity contribution < 1.29 is 9.84 Å². The summed E-state index contributed by atoms with van der Waals surface area (Å²) in [6, 6.07) is 0. The molecule has 0 radical (unpaired) electrons. The van der Waals surface area contributed by atoms with E-state index in [0.717, 1.165) is 26.1 Å². The molecule has 1 rings (SSSR count). The molecule has 58 valence electrons. The third kappa shape index (κ3) is 1.39. The van der Waals surface area contributed by atoms with Crippen molar-refractivity contribution in [2.24, 2.45) is 5.41 Å². The Morgan fingerprint density at radius 1 is 1.50 bits per heavy atom. The Hall–Kier alpha value is -0.340. The maximum atomic E-state index is 9.01. The molecule has 1 saturated heterocycles. The van der Waals surface area contributed by atoms with Crippen LogP contribution in [-0.4, -0.2) is 24.9 Å². The summed E-state index contributed by atoms with van der Waals surface area (Å²) in [5.74, 6) is 0. The van der Waals surface area contributed by atoms with Crippen molar-refractivity contribution >= 4 is 0 Å². The molecule has 0 unspecified atom stereocenters. The summed E-state index contributed by atoms with van der Waals surface area (Å²) in [7, 11) is 0. The van der Waals surface area contributed by atoms with Crippen LogP contribution in [0.3, 0.4) is 0 Å². The van der Waals surface area contributed by atoms with Crippen LogP contribution in [0.5, 0.6) is 0 Å². The molecule has 2 heteroatoms. The highest BCUT2D eigenvalue weighted by Crippen LogP contribution is 2.30. The Morgan fingerprint density at radius 3 is 2.40 bits per heavy atom. The van der Waals surface area contributed by atoms with Gasteiger partial charge in [-0.05, 0) is 12.8 Å². The van der Waals surface area contributed by atoms with Crippen molar-refractivity contribution in [2.75, 3.05) is 19.8 Å². The van der Waals surface area contributed by atoms with Crippen molar-refractivity contribution in [3.05, 3.63) is 12.7 Å². The van der Waals surface area contributed by atoms with Crippen molar-refractivity contribution in [3.63, 3.8) is 0 Å². The molecule has 1 aliphatic heterocycles. The molecular weight excluding hydrogens is 128 g/mol. The molecule has 1 N–H and O–H groups in total. The van der Waals surface area contributed by atoms with Gasteiger partial charge in [-0.25, -0.2) is 0 Å². The highest BCUT2D eigenvalue weighted by molar-refractivity contribution is 4.95. The van der Waals surface area contributed by atoms with E-state index in [0.29, 0.717) is 0 Å². The third-order valence-corrected chi connectivity index (χ3v) is 2.24. The average Bonchev–Trinajstić information content (AvgIpc) is 2.06. The summed E-state index contributed by atoms with van der Waals surface area (Å²) in [6.07, 6.45) is 3.68. The van der Waals surface area contributed by atoms with Crippen LogP contribution in [0.15, 0.2) is 12.7 Å². The molecule has 2 nitrogen and oxygen atoms in total. The summed E-state index contributed by atoms with van der Waals surface area (Å²) in [5.41, 5.74) is -0.0434. The monoisotopic (exact) mass is 142 g/mol. The predicted molar refractivity (Wildman–Crippen MR) is 39.8 cm³/mol. The van der Waals surface area contributed by atoms with Gasteiger partial charge in [-0.15, -0.1) is 6.58 Å². The molecule has 0 bridgehead atoms. The summed E-state index contributed by atoms with van der Waals surface area (Å²) >= 11 is 0. The first-order valence-corrected chi connectivity index (χ1v) is 3.65. The van der Waals surface area contributed by atoms with E-state index in [-0.39, 0.29) is 12.0 Å². The molecule has 0 aromatic rings.